The maximum atomic E-state index is 10.7. The van der Waals surface area contributed by atoms with Crippen LogP contribution in [-0.4, -0.2) is 45.3 Å². The fourth-order valence-corrected chi connectivity index (χ4v) is 2.13. The summed E-state index contributed by atoms with van der Waals surface area (Å²) in [5.74, 6) is -2.14. The number of carboxylic acid groups (broad SMARTS) is 2. The number of aromatic nitrogens is 2. The predicted octanol–water partition coefficient (Wildman–Crippen LogP) is 1.71. The van der Waals surface area contributed by atoms with Gasteiger partial charge in [-0.1, -0.05) is 12.1 Å². The third-order valence-corrected chi connectivity index (χ3v) is 3.11. The highest BCUT2D eigenvalue weighted by molar-refractivity contribution is 5.88. The normalized spacial score (nSPS) is 10.7. The highest BCUT2D eigenvalue weighted by Gasteiger charge is 2.13. The first-order valence-electron chi connectivity index (χ1n) is 6.92. The fraction of sp³-hybridized carbons (Fsp3) is 0.125. The van der Waals surface area contributed by atoms with E-state index in [1.165, 1.54) is 12.1 Å². The van der Waals surface area contributed by atoms with E-state index < -0.39 is 25.2 Å². The molecule has 8 heteroatoms. The largest absolute Gasteiger partial charge is 0.479 e. The van der Waals surface area contributed by atoms with Crippen LogP contribution in [0.2, 0.25) is 0 Å². The Morgan fingerprint density at radius 3 is 1.58 bits per heavy atom. The third kappa shape index (κ3) is 3.32. The number of carboxylic acids is 2. The maximum absolute atomic E-state index is 10.7. The summed E-state index contributed by atoms with van der Waals surface area (Å²) in [4.78, 5) is 30.3. The Morgan fingerprint density at radius 1 is 0.792 bits per heavy atom. The predicted molar refractivity (Wildman–Crippen MR) is 83.3 cm³/mol. The van der Waals surface area contributed by atoms with Crippen molar-refractivity contribution in [1.29, 1.82) is 0 Å². The Labute approximate surface area is 135 Å². The average Bonchev–Trinajstić information content (AvgIpc) is 2.55. The van der Waals surface area contributed by atoms with Crippen LogP contribution in [0, 0.1) is 0 Å². The minimum Gasteiger partial charge on any atom is -0.479 e. The number of carbonyl (C=O) groups is 2. The van der Waals surface area contributed by atoms with E-state index in [1.807, 2.05) is 12.1 Å². The molecule has 0 atom stereocenters. The Bertz CT molecular complexity index is 864. The van der Waals surface area contributed by atoms with Gasteiger partial charge in [0.25, 0.3) is 0 Å². The first-order valence-corrected chi connectivity index (χ1v) is 6.92. The molecular weight excluding hydrogens is 316 g/mol. The molecule has 0 saturated carbocycles. The second kappa shape index (κ2) is 6.37. The van der Waals surface area contributed by atoms with Crippen molar-refractivity contribution in [3.05, 3.63) is 36.4 Å². The monoisotopic (exact) mass is 328 g/mol. The number of hydrogen-bond acceptors (Lipinski definition) is 6. The lowest BCUT2D eigenvalue weighted by Crippen LogP contribution is -2.13. The van der Waals surface area contributed by atoms with Crippen LogP contribution in [0.25, 0.3) is 22.1 Å². The number of para-hydroxylation sites is 2. The second-order valence-corrected chi connectivity index (χ2v) is 4.86. The van der Waals surface area contributed by atoms with E-state index in [1.54, 1.807) is 12.1 Å². The maximum Gasteiger partial charge on any atom is 0.341 e. The number of fused-ring (bicyclic) bond motifs is 2. The zero-order chi connectivity index (χ0) is 17.1. The number of rotatable bonds is 6. The van der Waals surface area contributed by atoms with Gasteiger partial charge in [-0.15, -0.1) is 0 Å². The molecular formula is C16H12N2O6. The lowest BCUT2D eigenvalue weighted by Gasteiger charge is -2.12. The molecule has 24 heavy (non-hydrogen) atoms. The van der Waals surface area contributed by atoms with Crippen LogP contribution in [-0.2, 0) is 9.59 Å². The van der Waals surface area contributed by atoms with Gasteiger partial charge in [0, 0.05) is 12.1 Å². The molecule has 0 aliphatic carbocycles. The Morgan fingerprint density at radius 2 is 1.21 bits per heavy atom. The molecule has 3 rings (SSSR count). The first kappa shape index (κ1) is 15.5. The lowest BCUT2D eigenvalue weighted by atomic mass is 10.2. The quantitative estimate of drug-likeness (QED) is 0.656. The third-order valence-electron chi connectivity index (χ3n) is 3.11. The smallest absolute Gasteiger partial charge is 0.341 e. The van der Waals surface area contributed by atoms with Gasteiger partial charge >= 0.3 is 11.9 Å². The Kier molecular flexibility index (Phi) is 4.11. The van der Waals surface area contributed by atoms with Crippen molar-refractivity contribution in [2.45, 2.75) is 0 Å². The van der Waals surface area contributed by atoms with Gasteiger partial charge in [-0.25, -0.2) is 19.6 Å². The molecule has 0 aliphatic heterocycles. The average molecular weight is 328 g/mol. The minimum absolute atomic E-state index is 0.0933. The summed E-state index contributed by atoms with van der Waals surface area (Å²) in [7, 11) is 0. The second-order valence-electron chi connectivity index (χ2n) is 4.86. The van der Waals surface area contributed by atoms with Crippen molar-refractivity contribution in [2.75, 3.05) is 13.2 Å². The van der Waals surface area contributed by atoms with Crippen LogP contribution in [0.3, 0.4) is 0 Å². The van der Waals surface area contributed by atoms with Crippen molar-refractivity contribution in [2.24, 2.45) is 0 Å². The van der Waals surface area contributed by atoms with Crippen molar-refractivity contribution in [3.8, 4) is 11.5 Å². The van der Waals surface area contributed by atoms with E-state index in [4.69, 9.17) is 19.7 Å². The van der Waals surface area contributed by atoms with Gasteiger partial charge in [0.2, 0.25) is 0 Å². The van der Waals surface area contributed by atoms with Gasteiger partial charge in [0.05, 0.1) is 22.1 Å². The van der Waals surface area contributed by atoms with Crippen molar-refractivity contribution < 1.29 is 29.3 Å². The molecule has 0 fully saturated rings. The molecule has 0 aliphatic rings. The number of aliphatic carboxylic acids is 2. The summed E-state index contributed by atoms with van der Waals surface area (Å²) < 4.78 is 10.3. The molecule has 2 aromatic carbocycles. The molecule has 0 saturated heterocycles. The Hall–Kier alpha value is -3.42. The molecule has 1 heterocycles. The highest BCUT2D eigenvalue weighted by Crippen LogP contribution is 2.32. The molecule has 8 nitrogen and oxygen atoms in total. The molecule has 122 valence electrons. The van der Waals surface area contributed by atoms with E-state index >= 15 is 0 Å². The van der Waals surface area contributed by atoms with Gasteiger partial charge < -0.3 is 19.7 Å². The summed E-state index contributed by atoms with van der Waals surface area (Å²) in [5, 5.41) is 17.5. The zero-order valence-electron chi connectivity index (χ0n) is 12.3. The summed E-state index contributed by atoms with van der Waals surface area (Å²) in [5.41, 5.74) is 2.32. The van der Waals surface area contributed by atoms with E-state index in [0.29, 0.717) is 22.1 Å². The first-order chi connectivity index (χ1) is 11.5. The van der Waals surface area contributed by atoms with Crippen molar-refractivity contribution in [3.63, 3.8) is 0 Å². The van der Waals surface area contributed by atoms with Gasteiger partial charge in [-0.3, -0.25) is 0 Å². The summed E-state index contributed by atoms with van der Waals surface area (Å²) in [6, 6.07) is 10.2. The highest BCUT2D eigenvalue weighted by atomic mass is 16.5. The SMILES string of the molecule is O=C(O)COc1cc2nc3ccccc3nc2cc1OCC(=O)O. The molecule has 0 unspecified atom stereocenters. The van der Waals surface area contributed by atoms with Crippen LogP contribution >= 0.6 is 0 Å². The lowest BCUT2D eigenvalue weighted by molar-refractivity contribution is -0.140. The minimum atomic E-state index is -1.16. The number of hydrogen-bond donors (Lipinski definition) is 2. The summed E-state index contributed by atoms with van der Waals surface area (Å²) >= 11 is 0. The van der Waals surface area contributed by atoms with Crippen LogP contribution in [0.4, 0.5) is 0 Å². The summed E-state index contributed by atoms with van der Waals surface area (Å²) in [6.45, 7) is -1.17. The van der Waals surface area contributed by atoms with E-state index in [9.17, 15) is 9.59 Å². The van der Waals surface area contributed by atoms with E-state index in [-0.39, 0.29) is 11.5 Å². The molecule has 3 aromatic rings. The number of ether oxygens (including phenoxy) is 2. The fourth-order valence-electron chi connectivity index (χ4n) is 2.13. The van der Waals surface area contributed by atoms with Gasteiger partial charge in [-0.2, -0.15) is 0 Å². The van der Waals surface area contributed by atoms with Gasteiger partial charge in [-0.05, 0) is 12.1 Å². The summed E-state index contributed by atoms with van der Waals surface area (Å²) in [6.07, 6.45) is 0. The van der Waals surface area contributed by atoms with Crippen LogP contribution < -0.4 is 9.47 Å². The zero-order valence-corrected chi connectivity index (χ0v) is 12.3. The molecule has 0 amide bonds. The van der Waals surface area contributed by atoms with Crippen LogP contribution in [0.5, 0.6) is 11.5 Å². The van der Waals surface area contributed by atoms with Gasteiger partial charge in [0.1, 0.15) is 0 Å². The molecule has 1 aromatic heterocycles. The van der Waals surface area contributed by atoms with E-state index in [2.05, 4.69) is 9.97 Å². The number of benzene rings is 2. The number of nitrogens with zero attached hydrogens (tertiary/aromatic N) is 2. The topological polar surface area (TPSA) is 119 Å². The molecule has 0 radical (unpaired) electrons. The van der Waals surface area contributed by atoms with Crippen molar-refractivity contribution >= 4 is 34.0 Å². The molecule has 0 spiro atoms. The Balaban J connectivity index is 2.09. The van der Waals surface area contributed by atoms with E-state index in [0.717, 1.165) is 0 Å². The van der Waals surface area contributed by atoms with Gasteiger partial charge in [0.15, 0.2) is 24.7 Å². The van der Waals surface area contributed by atoms with Crippen molar-refractivity contribution in [1.82, 2.24) is 9.97 Å². The van der Waals surface area contributed by atoms with Crippen LogP contribution in [0.1, 0.15) is 0 Å². The standard InChI is InChI=1S/C16H12N2O6/c19-15(20)7-23-13-5-11-12(6-14(13)24-8-16(21)22)18-10-4-2-1-3-9(10)17-11/h1-6H,7-8H2,(H,19,20)(H,21,22). The molecule has 0 bridgehead atoms. The molecule has 2 N–H and O–H groups in total. The van der Waals surface area contributed by atoms with Crippen LogP contribution in [0.15, 0.2) is 36.4 Å².